The first kappa shape index (κ1) is 10.8. The first-order chi connectivity index (χ1) is 8.25. The SMILES string of the molecule is Cn1cc(C2CCNc3c(Br)cccc32)cn1. The summed E-state index contributed by atoms with van der Waals surface area (Å²) >= 11 is 3.60. The van der Waals surface area contributed by atoms with Gasteiger partial charge in [-0.1, -0.05) is 12.1 Å². The normalized spacial score (nSPS) is 18.6. The Morgan fingerprint density at radius 1 is 1.47 bits per heavy atom. The minimum Gasteiger partial charge on any atom is -0.384 e. The molecule has 0 saturated carbocycles. The van der Waals surface area contributed by atoms with Crippen molar-refractivity contribution in [1.82, 2.24) is 9.78 Å². The third kappa shape index (κ3) is 1.86. The molecule has 1 unspecified atom stereocenters. The number of halogens is 1. The lowest BCUT2D eigenvalue weighted by Gasteiger charge is -2.26. The zero-order chi connectivity index (χ0) is 11.8. The number of hydrogen-bond acceptors (Lipinski definition) is 2. The molecule has 0 saturated heterocycles. The van der Waals surface area contributed by atoms with Gasteiger partial charge in [0.15, 0.2) is 0 Å². The lowest BCUT2D eigenvalue weighted by atomic mass is 9.87. The summed E-state index contributed by atoms with van der Waals surface area (Å²) in [6.45, 7) is 1.01. The van der Waals surface area contributed by atoms with E-state index < -0.39 is 0 Å². The van der Waals surface area contributed by atoms with Crippen LogP contribution in [0, 0.1) is 0 Å². The fraction of sp³-hybridized carbons (Fsp3) is 0.308. The Hall–Kier alpha value is -1.29. The van der Waals surface area contributed by atoms with Crippen LogP contribution in [0.2, 0.25) is 0 Å². The highest BCUT2D eigenvalue weighted by Gasteiger charge is 2.23. The van der Waals surface area contributed by atoms with Crippen molar-refractivity contribution in [2.45, 2.75) is 12.3 Å². The molecule has 1 aromatic carbocycles. The molecule has 0 amide bonds. The molecule has 1 atom stereocenters. The number of fused-ring (bicyclic) bond motifs is 1. The van der Waals surface area contributed by atoms with Crippen LogP contribution in [0.3, 0.4) is 0 Å². The number of nitrogens with one attached hydrogen (secondary N) is 1. The summed E-state index contributed by atoms with van der Waals surface area (Å²) in [4.78, 5) is 0. The highest BCUT2D eigenvalue weighted by Crippen LogP contribution is 2.39. The van der Waals surface area contributed by atoms with E-state index in [4.69, 9.17) is 0 Å². The van der Waals surface area contributed by atoms with Crippen LogP contribution in [0.15, 0.2) is 35.1 Å². The van der Waals surface area contributed by atoms with Crippen LogP contribution < -0.4 is 5.32 Å². The topological polar surface area (TPSA) is 29.9 Å². The van der Waals surface area contributed by atoms with Gasteiger partial charge >= 0.3 is 0 Å². The van der Waals surface area contributed by atoms with Crippen molar-refractivity contribution in [2.75, 3.05) is 11.9 Å². The van der Waals surface area contributed by atoms with Crippen LogP contribution >= 0.6 is 15.9 Å². The number of hydrogen-bond donors (Lipinski definition) is 1. The van der Waals surface area contributed by atoms with E-state index in [2.05, 4.69) is 50.7 Å². The number of aromatic nitrogens is 2. The van der Waals surface area contributed by atoms with Crippen molar-refractivity contribution in [2.24, 2.45) is 7.05 Å². The number of rotatable bonds is 1. The predicted molar refractivity (Wildman–Crippen MR) is 72.3 cm³/mol. The Labute approximate surface area is 109 Å². The number of nitrogens with zero attached hydrogens (tertiary/aromatic N) is 2. The van der Waals surface area contributed by atoms with E-state index in [1.807, 2.05) is 17.9 Å². The molecule has 0 radical (unpaired) electrons. The van der Waals surface area contributed by atoms with Crippen molar-refractivity contribution >= 4 is 21.6 Å². The molecule has 0 bridgehead atoms. The van der Waals surface area contributed by atoms with Gasteiger partial charge in [0.25, 0.3) is 0 Å². The molecule has 2 heterocycles. The molecular formula is C13H14BrN3. The standard InChI is InChI=1S/C13H14BrN3/c1-17-8-9(7-16-17)10-5-6-15-13-11(10)3-2-4-12(13)14/h2-4,7-8,10,15H,5-6H2,1H3. The third-order valence-corrected chi connectivity index (χ3v) is 3.94. The van der Waals surface area contributed by atoms with E-state index in [9.17, 15) is 0 Å². The van der Waals surface area contributed by atoms with Crippen molar-refractivity contribution in [1.29, 1.82) is 0 Å². The Morgan fingerprint density at radius 2 is 2.35 bits per heavy atom. The van der Waals surface area contributed by atoms with Gasteiger partial charge in [-0.15, -0.1) is 0 Å². The average molecular weight is 292 g/mol. The van der Waals surface area contributed by atoms with Gasteiger partial charge in [-0.05, 0) is 39.5 Å². The first-order valence-electron chi connectivity index (χ1n) is 5.76. The van der Waals surface area contributed by atoms with Crippen LogP contribution in [0.25, 0.3) is 0 Å². The van der Waals surface area contributed by atoms with E-state index in [1.165, 1.54) is 16.8 Å². The molecule has 3 rings (SSSR count). The highest BCUT2D eigenvalue weighted by atomic mass is 79.9. The fourth-order valence-corrected chi connectivity index (χ4v) is 3.00. The molecular weight excluding hydrogens is 278 g/mol. The molecule has 0 fully saturated rings. The number of anilines is 1. The summed E-state index contributed by atoms with van der Waals surface area (Å²) in [5, 5.41) is 7.74. The van der Waals surface area contributed by atoms with Gasteiger partial charge in [-0.2, -0.15) is 5.10 Å². The highest BCUT2D eigenvalue weighted by molar-refractivity contribution is 9.10. The number of para-hydroxylation sites is 1. The van der Waals surface area contributed by atoms with Crippen molar-refractivity contribution in [3.8, 4) is 0 Å². The van der Waals surface area contributed by atoms with Gasteiger partial charge in [0.1, 0.15) is 0 Å². The van der Waals surface area contributed by atoms with Crippen molar-refractivity contribution < 1.29 is 0 Å². The fourth-order valence-electron chi connectivity index (χ4n) is 2.48. The molecule has 2 aromatic rings. The van der Waals surface area contributed by atoms with Gasteiger partial charge in [-0.25, -0.2) is 0 Å². The van der Waals surface area contributed by atoms with E-state index >= 15 is 0 Å². The van der Waals surface area contributed by atoms with Gasteiger partial charge in [-0.3, -0.25) is 4.68 Å². The zero-order valence-corrected chi connectivity index (χ0v) is 11.2. The molecule has 0 aliphatic carbocycles. The van der Waals surface area contributed by atoms with Crippen molar-refractivity contribution in [3.05, 3.63) is 46.2 Å². The quantitative estimate of drug-likeness (QED) is 0.875. The summed E-state index contributed by atoms with van der Waals surface area (Å²) in [5.41, 5.74) is 3.89. The Balaban J connectivity index is 2.08. The van der Waals surface area contributed by atoms with Gasteiger partial charge in [0.05, 0.1) is 11.9 Å². The monoisotopic (exact) mass is 291 g/mol. The summed E-state index contributed by atoms with van der Waals surface area (Å²) in [7, 11) is 1.96. The smallest absolute Gasteiger partial charge is 0.0527 e. The largest absolute Gasteiger partial charge is 0.384 e. The van der Waals surface area contributed by atoms with Gasteiger partial charge in [0.2, 0.25) is 0 Å². The Kier molecular flexibility index (Phi) is 2.67. The minimum atomic E-state index is 0.456. The molecule has 0 spiro atoms. The maximum absolute atomic E-state index is 4.27. The second kappa shape index (κ2) is 4.18. The summed E-state index contributed by atoms with van der Waals surface area (Å²) in [6, 6.07) is 6.38. The number of benzene rings is 1. The lowest BCUT2D eigenvalue weighted by Crippen LogP contribution is -2.17. The lowest BCUT2D eigenvalue weighted by molar-refractivity contribution is 0.715. The van der Waals surface area contributed by atoms with Crippen LogP contribution in [0.5, 0.6) is 0 Å². The van der Waals surface area contributed by atoms with Crippen LogP contribution in [-0.2, 0) is 7.05 Å². The summed E-state index contributed by atoms with van der Waals surface area (Å²) in [5.74, 6) is 0.456. The molecule has 1 N–H and O–H groups in total. The van der Waals surface area contributed by atoms with Gasteiger partial charge in [0, 0.05) is 30.2 Å². The predicted octanol–water partition coefficient (Wildman–Crippen LogP) is 3.13. The van der Waals surface area contributed by atoms with Gasteiger partial charge < -0.3 is 5.32 Å². The molecule has 17 heavy (non-hydrogen) atoms. The maximum atomic E-state index is 4.27. The molecule has 88 valence electrons. The summed E-state index contributed by atoms with van der Waals surface area (Å²) in [6.07, 6.45) is 5.20. The van der Waals surface area contributed by atoms with Crippen LogP contribution in [-0.4, -0.2) is 16.3 Å². The number of aryl methyl sites for hydroxylation is 1. The Morgan fingerprint density at radius 3 is 3.12 bits per heavy atom. The van der Waals surface area contributed by atoms with Crippen LogP contribution in [0.4, 0.5) is 5.69 Å². The minimum absolute atomic E-state index is 0.456. The molecule has 1 aliphatic rings. The summed E-state index contributed by atoms with van der Waals surface area (Å²) < 4.78 is 3.01. The van der Waals surface area contributed by atoms with E-state index in [0.717, 1.165) is 17.4 Å². The van der Waals surface area contributed by atoms with E-state index in [-0.39, 0.29) is 0 Å². The second-order valence-electron chi connectivity index (χ2n) is 4.42. The zero-order valence-electron chi connectivity index (χ0n) is 9.65. The first-order valence-corrected chi connectivity index (χ1v) is 6.56. The maximum Gasteiger partial charge on any atom is 0.0527 e. The molecule has 3 nitrogen and oxygen atoms in total. The van der Waals surface area contributed by atoms with Crippen molar-refractivity contribution in [3.63, 3.8) is 0 Å². The average Bonchev–Trinajstić information content (AvgIpc) is 2.76. The van der Waals surface area contributed by atoms with E-state index in [0.29, 0.717) is 5.92 Å². The molecule has 1 aromatic heterocycles. The molecule has 1 aliphatic heterocycles. The molecule has 4 heteroatoms. The van der Waals surface area contributed by atoms with E-state index in [1.54, 1.807) is 0 Å². The third-order valence-electron chi connectivity index (χ3n) is 3.28. The van der Waals surface area contributed by atoms with Crippen LogP contribution in [0.1, 0.15) is 23.5 Å². The second-order valence-corrected chi connectivity index (χ2v) is 5.27. The Bertz CT molecular complexity index is 547.